The quantitative estimate of drug-likeness (QED) is 0.173. The number of carbonyl (C=O) groups is 1. The molecule has 4 unspecified atom stereocenters. The number of H-pyrrole nitrogens is 1. The molecule has 14 nitrogen and oxygen atoms in total. The van der Waals surface area contributed by atoms with Gasteiger partial charge in [0.1, 0.15) is 18.9 Å². The maximum Gasteiger partial charge on any atom is 0.694 e. The predicted octanol–water partition coefficient (Wildman–Crippen LogP) is 1.28. The molecule has 0 bridgehead atoms. The summed E-state index contributed by atoms with van der Waals surface area (Å²) in [7, 11) is -2.86. The number of rotatable bonds is 9. The van der Waals surface area contributed by atoms with Crippen LogP contribution >= 0.6 is 8.25 Å². The average Bonchev–Trinajstić information content (AvgIpc) is 3.17. The summed E-state index contributed by atoms with van der Waals surface area (Å²) in [4.78, 5) is 50.1. The van der Waals surface area contributed by atoms with Crippen LogP contribution in [0.3, 0.4) is 0 Å². The fourth-order valence-corrected chi connectivity index (χ4v) is 3.47. The number of amides is 1. The number of aliphatic hydroxyl groups is 1. The predicted molar refractivity (Wildman–Crippen MR) is 117 cm³/mol. The highest BCUT2D eigenvalue weighted by atomic mass is 31.1. The third-order valence-electron chi connectivity index (χ3n) is 4.86. The first-order valence-corrected chi connectivity index (χ1v) is 11.0. The summed E-state index contributed by atoms with van der Waals surface area (Å²) in [5.41, 5.74) is 7.91. The number of hydrogen-bond donors (Lipinski definition) is 4. The van der Waals surface area contributed by atoms with Gasteiger partial charge in [0.2, 0.25) is 0 Å². The molecule has 1 saturated heterocycles. The van der Waals surface area contributed by atoms with Crippen molar-refractivity contribution >= 4 is 19.8 Å². The maximum atomic E-state index is 12.2. The van der Waals surface area contributed by atoms with Gasteiger partial charge in [0.05, 0.1) is 6.10 Å². The molecule has 4 N–H and O–H groups in total. The summed E-state index contributed by atoms with van der Waals surface area (Å²) in [6, 6.07) is 5.95. The monoisotopic (exact) mass is 491 g/mol. The van der Waals surface area contributed by atoms with Gasteiger partial charge in [-0.15, -0.1) is 9.42 Å². The van der Waals surface area contributed by atoms with Crippen LogP contribution in [0.25, 0.3) is 10.4 Å². The number of azide groups is 1. The van der Waals surface area contributed by atoms with Gasteiger partial charge >= 0.3 is 13.9 Å². The molecule has 1 aromatic heterocycles. The molecule has 3 rings (SSSR count). The van der Waals surface area contributed by atoms with Gasteiger partial charge in [-0.05, 0) is 24.1 Å². The zero-order chi connectivity index (χ0) is 24.7. The lowest BCUT2D eigenvalue weighted by Gasteiger charge is -2.15. The second kappa shape index (κ2) is 11.5. The molecule has 0 spiro atoms. The minimum Gasteiger partial charge on any atom is -0.390 e. The lowest BCUT2D eigenvalue weighted by molar-refractivity contribution is -0.0413. The van der Waals surface area contributed by atoms with Crippen molar-refractivity contribution in [1.82, 2.24) is 14.9 Å². The third kappa shape index (κ3) is 6.45. The Morgan fingerprint density at radius 2 is 2.15 bits per heavy atom. The summed E-state index contributed by atoms with van der Waals surface area (Å²) in [6.07, 6.45) is 1.33. The second-order valence-corrected chi connectivity index (χ2v) is 7.84. The van der Waals surface area contributed by atoms with E-state index in [1.807, 2.05) is 0 Å². The molecule has 0 radical (unpaired) electrons. The summed E-state index contributed by atoms with van der Waals surface area (Å²) in [6.45, 7) is -0.342. The second-order valence-electron chi connectivity index (χ2n) is 7.10. The van der Waals surface area contributed by atoms with Gasteiger partial charge in [0.25, 0.3) is 11.5 Å². The molecule has 1 aromatic carbocycles. The molecule has 0 aliphatic carbocycles. The number of hydrogen-bond acceptors (Lipinski definition) is 8. The minimum atomic E-state index is -2.86. The molecule has 1 fully saturated rings. The van der Waals surface area contributed by atoms with Crippen molar-refractivity contribution in [3.63, 3.8) is 0 Å². The van der Waals surface area contributed by atoms with Gasteiger partial charge in [-0.25, -0.2) is 4.79 Å². The van der Waals surface area contributed by atoms with Gasteiger partial charge in [0.15, 0.2) is 0 Å². The molecular weight excluding hydrogens is 471 g/mol. The van der Waals surface area contributed by atoms with Gasteiger partial charge in [-0.2, -0.15) is 0 Å². The molecule has 2 aromatic rings. The highest BCUT2D eigenvalue weighted by Gasteiger charge is 2.37. The Kier molecular flexibility index (Phi) is 8.44. The van der Waals surface area contributed by atoms with Gasteiger partial charge < -0.3 is 15.2 Å². The van der Waals surface area contributed by atoms with Crippen molar-refractivity contribution in [2.75, 3.05) is 6.61 Å². The van der Waals surface area contributed by atoms with Crippen molar-refractivity contribution < 1.29 is 28.6 Å². The van der Waals surface area contributed by atoms with E-state index in [2.05, 4.69) is 24.9 Å². The first kappa shape index (κ1) is 25.0. The van der Waals surface area contributed by atoms with E-state index in [1.165, 1.54) is 42.7 Å². The molecule has 1 aliphatic heterocycles. The van der Waals surface area contributed by atoms with E-state index >= 15 is 0 Å². The maximum absolute atomic E-state index is 12.2. The van der Waals surface area contributed by atoms with Crippen LogP contribution in [-0.4, -0.2) is 44.3 Å². The Morgan fingerprint density at radius 3 is 2.82 bits per heavy atom. The van der Waals surface area contributed by atoms with E-state index < -0.39 is 43.8 Å². The van der Waals surface area contributed by atoms with Crippen LogP contribution in [0.5, 0.6) is 0 Å². The fraction of sp³-hybridized carbons (Fsp3) is 0.316. The van der Waals surface area contributed by atoms with Crippen molar-refractivity contribution in [2.45, 2.75) is 31.3 Å². The number of benzene rings is 1. The lowest BCUT2D eigenvalue weighted by Crippen LogP contribution is -2.34. The Morgan fingerprint density at radius 1 is 1.41 bits per heavy atom. The first-order valence-electron chi connectivity index (χ1n) is 9.86. The van der Waals surface area contributed by atoms with Crippen LogP contribution in [0, 0.1) is 0 Å². The van der Waals surface area contributed by atoms with Gasteiger partial charge in [0, 0.05) is 45.1 Å². The molecular formula is C19H20N6O8P+. The Bertz CT molecular complexity index is 1250. The highest BCUT2D eigenvalue weighted by Crippen LogP contribution is 2.29. The number of aromatic nitrogens is 2. The van der Waals surface area contributed by atoms with E-state index in [1.54, 1.807) is 0 Å². The standard InChI is InChI=1S/C19H19N6O8P/c20-24-23-13-5-3-11(4-6-13)17(27)21-7-1-2-12-9-25(19(29)22-18(12)28)16-8-14(26)15(33-16)10-32-34(30)31/h1,3-7,9,14-16,26H,2,8,10H2,(H2-,21,22,27,28,29,30,31)/p+1. The number of allylic oxidation sites excluding steroid dienone is 1. The van der Waals surface area contributed by atoms with Crippen molar-refractivity contribution in [3.8, 4) is 0 Å². The van der Waals surface area contributed by atoms with Crippen LogP contribution in [0.4, 0.5) is 5.69 Å². The lowest BCUT2D eigenvalue weighted by atomic mass is 10.2. The Labute approximate surface area is 192 Å². The van der Waals surface area contributed by atoms with Gasteiger partial charge in [-0.1, -0.05) is 23.3 Å². The Balaban J connectivity index is 1.64. The summed E-state index contributed by atoms with van der Waals surface area (Å²) in [5, 5.41) is 16.0. The van der Waals surface area contributed by atoms with Crippen LogP contribution in [0.2, 0.25) is 0 Å². The molecule has 15 heteroatoms. The molecule has 1 amide bonds. The van der Waals surface area contributed by atoms with E-state index in [0.29, 0.717) is 11.3 Å². The molecule has 34 heavy (non-hydrogen) atoms. The molecule has 4 atom stereocenters. The fourth-order valence-electron chi connectivity index (χ4n) is 3.19. The zero-order valence-corrected chi connectivity index (χ0v) is 18.4. The first-order chi connectivity index (χ1) is 16.3. The summed E-state index contributed by atoms with van der Waals surface area (Å²) in [5.74, 6) is -0.422. The molecule has 0 saturated carbocycles. The number of carbonyl (C=O) groups excluding carboxylic acids is 1. The van der Waals surface area contributed by atoms with E-state index in [9.17, 15) is 24.1 Å². The van der Waals surface area contributed by atoms with E-state index in [-0.39, 0.29) is 25.0 Å². The molecule has 2 heterocycles. The van der Waals surface area contributed by atoms with Crippen LogP contribution in [0.15, 0.2) is 57.4 Å². The number of nitrogens with zero attached hydrogens (tertiary/aromatic N) is 4. The van der Waals surface area contributed by atoms with Crippen LogP contribution in [0.1, 0.15) is 28.6 Å². The van der Waals surface area contributed by atoms with Crippen molar-refractivity contribution in [2.24, 2.45) is 5.11 Å². The smallest absolute Gasteiger partial charge is 0.390 e. The van der Waals surface area contributed by atoms with E-state index in [0.717, 1.165) is 4.57 Å². The van der Waals surface area contributed by atoms with Crippen molar-refractivity contribution in [3.05, 3.63) is 85.1 Å². The zero-order valence-electron chi connectivity index (χ0n) is 17.5. The highest BCUT2D eigenvalue weighted by molar-refractivity contribution is 7.32. The molecule has 178 valence electrons. The number of aromatic amines is 1. The minimum absolute atomic E-state index is 0.00595. The summed E-state index contributed by atoms with van der Waals surface area (Å²) < 4.78 is 21.9. The van der Waals surface area contributed by atoms with Gasteiger partial charge in [-0.3, -0.25) is 19.1 Å². The number of aliphatic hydroxyl groups excluding tert-OH is 1. The SMILES string of the molecule is [N-]=[N+]=Nc1ccc(C(=O)NC=CCc2cn(C3CC(O)C(CO[P+](=O)O)O3)c(=O)[nH]c2=O)cc1. The van der Waals surface area contributed by atoms with E-state index in [4.69, 9.17) is 15.2 Å². The largest absolute Gasteiger partial charge is 0.694 e. The van der Waals surface area contributed by atoms with Crippen LogP contribution in [-0.2, 0) is 20.2 Å². The Hall–Kier alpha value is -3.64. The summed E-state index contributed by atoms with van der Waals surface area (Å²) >= 11 is 0. The number of nitrogens with one attached hydrogen (secondary N) is 2. The normalized spacial score (nSPS) is 20.2. The van der Waals surface area contributed by atoms with Crippen molar-refractivity contribution in [1.29, 1.82) is 0 Å². The number of ether oxygens (including phenoxy) is 1. The topological polar surface area (TPSA) is 209 Å². The molecule has 1 aliphatic rings. The third-order valence-corrected chi connectivity index (χ3v) is 5.23. The van der Waals surface area contributed by atoms with Crippen LogP contribution < -0.4 is 16.6 Å². The average molecular weight is 491 g/mol.